The Labute approximate surface area is 172 Å². The molecule has 2 heterocycles. The van der Waals surface area contributed by atoms with Crippen LogP contribution >= 0.6 is 11.8 Å². The molecule has 4 rings (SSSR count). The van der Waals surface area contributed by atoms with Gasteiger partial charge in [0.25, 0.3) is 0 Å². The van der Waals surface area contributed by atoms with Gasteiger partial charge in [0.2, 0.25) is 11.0 Å². The lowest BCUT2D eigenvalue weighted by atomic mass is 10.1. The van der Waals surface area contributed by atoms with Crippen molar-refractivity contribution in [3.63, 3.8) is 0 Å². The topological polar surface area (TPSA) is 89.4 Å². The van der Waals surface area contributed by atoms with Crippen molar-refractivity contribution in [2.75, 3.05) is 17.7 Å². The zero-order valence-electron chi connectivity index (χ0n) is 15.8. The van der Waals surface area contributed by atoms with Crippen LogP contribution in [0.15, 0.2) is 60.3 Å². The number of anilines is 1. The van der Waals surface area contributed by atoms with Gasteiger partial charge in [-0.2, -0.15) is 4.98 Å². The number of aromatic hydroxyl groups is 1. The number of ether oxygens (including phenoxy) is 2. The van der Waals surface area contributed by atoms with Crippen LogP contribution in [-0.2, 0) is 0 Å². The monoisotopic (exact) mass is 408 g/mol. The lowest BCUT2D eigenvalue weighted by molar-refractivity contribution is 0.224. The standard InChI is InChI=1S/C21H20N4O3S/c1-3-11-29-21-23-20-18(24-25-21)14-7-5-6-8-15(14)22-19(28-20)13-9-10-16(26)17(12-13)27-4-2/h3,5-10,12,19,22,26H,1,4,11H2,2H3. The number of benzene rings is 2. The van der Waals surface area contributed by atoms with Crippen molar-refractivity contribution in [2.45, 2.75) is 18.3 Å². The fourth-order valence-electron chi connectivity index (χ4n) is 2.96. The number of para-hydroxylation sites is 1. The molecule has 2 aromatic carbocycles. The Kier molecular flexibility index (Phi) is 5.53. The minimum absolute atomic E-state index is 0.0807. The van der Waals surface area contributed by atoms with Gasteiger partial charge in [-0.3, -0.25) is 0 Å². The fraction of sp³-hybridized carbons (Fsp3) is 0.190. The molecule has 29 heavy (non-hydrogen) atoms. The molecule has 0 radical (unpaired) electrons. The molecule has 1 atom stereocenters. The summed E-state index contributed by atoms with van der Waals surface area (Å²) in [7, 11) is 0. The average Bonchev–Trinajstić information content (AvgIpc) is 2.90. The third kappa shape index (κ3) is 3.97. The number of rotatable bonds is 6. The molecule has 0 saturated heterocycles. The van der Waals surface area contributed by atoms with E-state index in [0.717, 1.165) is 16.8 Å². The van der Waals surface area contributed by atoms with Crippen LogP contribution in [0.2, 0.25) is 0 Å². The molecule has 8 heteroatoms. The highest BCUT2D eigenvalue weighted by molar-refractivity contribution is 7.99. The number of nitrogens with one attached hydrogen (secondary N) is 1. The van der Waals surface area contributed by atoms with Crippen molar-refractivity contribution in [3.8, 4) is 28.6 Å². The summed E-state index contributed by atoms with van der Waals surface area (Å²) >= 11 is 1.43. The van der Waals surface area contributed by atoms with E-state index in [0.29, 0.717) is 34.8 Å². The highest BCUT2D eigenvalue weighted by Gasteiger charge is 2.26. The van der Waals surface area contributed by atoms with E-state index in [1.807, 2.05) is 31.2 Å². The minimum atomic E-state index is -0.550. The van der Waals surface area contributed by atoms with Gasteiger partial charge in [-0.15, -0.1) is 16.8 Å². The predicted octanol–water partition coefficient (Wildman–Crippen LogP) is 4.42. The van der Waals surface area contributed by atoms with Crippen LogP contribution in [0.5, 0.6) is 17.4 Å². The van der Waals surface area contributed by atoms with E-state index >= 15 is 0 Å². The van der Waals surface area contributed by atoms with E-state index in [-0.39, 0.29) is 5.75 Å². The second-order valence-corrected chi connectivity index (χ2v) is 7.18. The summed E-state index contributed by atoms with van der Waals surface area (Å²) < 4.78 is 11.7. The largest absolute Gasteiger partial charge is 0.504 e. The van der Waals surface area contributed by atoms with Crippen molar-refractivity contribution < 1.29 is 14.6 Å². The Morgan fingerprint density at radius 1 is 1.28 bits per heavy atom. The molecular weight excluding hydrogens is 388 g/mol. The Balaban J connectivity index is 1.77. The van der Waals surface area contributed by atoms with Crippen LogP contribution in [0.4, 0.5) is 5.69 Å². The van der Waals surface area contributed by atoms with E-state index in [4.69, 9.17) is 9.47 Å². The van der Waals surface area contributed by atoms with E-state index in [2.05, 4.69) is 27.1 Å². The maximum Gasteiger partial charge on any atom is 0.247 e. The molecular formula is C21H20N4O3S. The second-order valence-electron chi connectivity index (χ2n) is 6.20. The fourth-order valence-corrected chi connectivity index (χ4v) is 3.47. The normalized spacial score (nSPS) is 14.6. The van der Waals surface area contributed by atoms with Crippen LogP contribution in [-0.4, -0.2) is 32.6 Å². The average molecular weight is 408 g/mol. The molecule has 0 bridgehead atoms. The highest BCUT2D eigenvalue weighted by Crippen LogP contribution is 2.40. The first-order chi connectivity index (χ1) is 14.2. The van der Waals surface area contributed by atoms with Crippen molar-refractivity contribution in [1.82, 2.24) is 15.2 Å². The highest BCUT2D eigenvalue weighted by atomic mass is 32.2. The molecule has 1 unspecified atom stereocenters. The summed E-state index contributed by atoms with van der Waals surface area (Å²) in [6.45, 7) is 6.03. The van der Waals surface area contributed by atoms with Gasteiger partial charge in [-0.1, -0.05) is 36.0 Å². The SMILES string of the molecule is C=CCSc1nnc2c(n1)OC(c1ccc(O)c(OCC)c1)Nc1ccccc1-2. The summed E-state index contributed by atoms with van der Waals surface area (Å²) in [4.78, 5) is 4.56. The lowest BCUT2D eigenvalue weighted by Crippen LogP contribution is -2.17. The molecule has 1 aliphatic heterocycles. The maximum absolute atomic E-state index is 10.0. The molecule has 0 fully saturated rings. The maximum atomic E-state index is 10.0. The molecule has 7 nitrogen and oxygen atoms in total. The minimum Gasteiger partial charge on any atom is -0.504 e. The van der Waals surface area contributed by atoms with Gasteiger partial charge in [0.05, 0.1) is 6.61 Å². The van der Waals surface area contributed by atoms with Gasteiger partial charge in [0.15, 0.2) is 23.4 Å². The zero-order chi connectivity index (χ0) is 20.2. The van der Waals surface area contributed by atoms with Crippen LogP contribution in [0.25, 0.3) is 11.3 Å². The summed E-state index contributed by atoms with van der Waals surface area (Å²) in [6.07, 6.45) is 1.23. The van der Waals surface area contributed by atoms with Gasteiger partial charge >= 0.3 is 0 Å². The Hall–Kier alpha value is -3.26. The Morgan fingerprint density at radius 3 is 2.97 bits per heavy atom. The second kappa shape index (κ2) is 8.40. The van der Waals surface area contributed by atoms with E-state index in [1.54, 1.807) is 24.3 Å². The Bertz CT molecular complexity index is 1040. The van der Waals surface area contributed by atoms with Crippen molar-refractivity contribution >= 4 is 17.4 Å². The molecule has 1 aromatic heterocycles. The number of hydrogen-bond acceptors (Lipinski definition) is 8. The van der Waals surface area contributed by atoms with Gasteiger partial charge in [-0.25, -0.2) is 0 Å². The first-order valence-electron chi connectivity index (χ1n) is 9.16. The van der Waals surface area contributed by atoms with Gasteiger partial charge in [0.1, 0.15) is 0 Å². The number of fused-ring (bicyclic) bond motifs is 3. The molecule has 3 aromatic rings. The van der Waals surface area contributed by atoms with Gasteiger partial charge in [-0.05, 0) is 31.2 Å². The quantitative estimate of drug-likeness (QED) is 0.458. The number of phenolic OH excluding ortho intramolecular Hbond substituents is 1. The summed E-state index contributed by atoms with van der Waals surface area (Å²) in [5.41, 5.74) is 3.06. The summed E-state index contributed by atoms with van der Waals surface area (Å²) in [6, 6.07) is 12.9. The number of thioether (sulfide) groups is 1. The first kappa shape index (κ1) is 19.1. The van der Waals surface area contributed by atoms with Crippen molar-refractivity contribution in [3.05, 3.63) is 60.7 Å². The number of aromatic nitrogens is 3. The Morgan fingerprint density at radius 2 is 2.14 bits per heavy atom. The number of hydrogen-bond donors (Lipinski definition) is 2. The summed E-state index contributed by atoms with van der Waals surface area (Å²) in [5, 5.41) is 22.5. The molecule has 0 aliphatic carbocycles. The van der Waals surface area contributed by atoms with Crippen LogP contribution in [0.1, 0.15) is 18.7 Å². The van der Waals surface area contributed by atoms with Crippen LogP contribution in [0.3, 0.4) is 0 Å². The molecule has 1 aliphatic rings. The molecule has 148 valence electrons. The first-order valence-corrected chi connectivity index (χ1v) is 10.1. The number of phenols is 1. The summed E-state index contributed by atoms with van der Waals surface area (Å²) in [5.74, 6) is 1.54. The predicted molar refractivity (Wildman–Crippen MR) is 112 cm³/mol. The van der Waals surface area contributed by atoms with E-state index in [1.165, 1.54) is 11.8 Å². The van der Waals surface area contributed by atoms with Gasteiger partial charge < -0.3 is 19.9 Å². The van der Waals surface area contributed by atoms with Crippen molar-refractivity contribution in [2.24, 2.45) is 0 Å². The van der Waals surface area contributed by atoms with E-state index in [9.17, 15) is 5.11 Å². The molecule has 2 N–H and O–H groups in total. The van der Waals surface area contributed by atoms with Gasteiger partial charge in [0, 0.05) is 22.6 Å². The number of nitrogens with zero attached hydrogens (tertiary/aromatic N) is 3. The molecule has 0 spiro atoms. The smallest absolute Gasteiger partial charge is 0.247 e. The molecule has 0 amide bonds. The van der Waals surface area contributed by atoms with Crippen LogP contribution < -0.4 is 14.8 Å². The third-order valence-electron chi connectivity index (χ3n) is 4.25. The lowest BCUT2D eigenvalue weighted by Gasteiger charge is -2.20. The van der Waals surface area contributed by atoms with E-state index < -0.39 is 6.23 Å². The van der Waals surface area contributed by atoms with Crippen LogP contribution in [0, 0.1) is 0 Å². The third-order valence-corrected chi connectivity index (χ3v) is 5.08. The molecule has 0 saturated carbocycles. The zero-order valence-corrected chi connectivity index (χ0v) is 16.6. The van der Waals surface area contributed by atoms with Crippen molar-refractivity contribution in [1.29, 1.82) is 0 Å².